The zero-order valence-electron chi connectivity index (χ0n) is 21.1. The molecule has 0 aliphatic carbocycles. The second-order valence-electron chi connectivity index (χ2n) is 8.26. The molecule has 0 amide bonds. The van der Waals surface area contributed by atoms with E-state index in [1.807, 2.05) is 10.8 Å². The number of esters is 2. The number of rotatable bonds is 10. The number of hydrogen-bond donors (Lipinski definition) is 2. The number of nitrogens with one attached hydrogen (secondary N) is 2. The lowest BCUT2D eigenvalue weighted by Crippen LogP contribution is -2.20. The number of hydrogen-bond acceptors (Lipinski definition) is 14. The maximum Gasteiger partial charge on any atom is 0.350 e. The third kappa shape index (κ3) is 5.98. The van der Waals surface area contributed by atoms with Gasteiger partial charge in [0.05, 0.1) is 41.4 Å². The summed E-state index contributed by atoms with van der Waals surface area (Å²) in [5.74, 6) is -0.742. The average molecular weight is 579 g/mol. The van der Waals surface area contributed by atoms with Gasteiger partial charge in [0.25, 0.3) is 0 Å². The number of aryl methyl sites for hydroxylation is 2. The predicted molar refractivity (Wildman–Crippen MR) is 149 cm³/mol. The summed E-state index contributed by atoms with van der Waals surface area (Å²) in [5.41, 5.74) is 2.48. The Labute approximate surface area is 230 Å². The molecule has 0 fully saturated rings. The van der Waals surface area contributed by atoms with Gasteiger partial charge in [0.15, 0.2) is 20.5 Å². The monoisotopic (exact) mass is 578 g/mol. The fourth-order valence-electron chi connectivity index (χ4n) is 3.22. The Morgan fingerprint density at radius 3 is 1.54 bits per heavy atom. The topological polar surface area (TPSA) is 128 Å². The maximum absolute atomic E-state index is 12.1. The van der Waals surface area contributed by atoms with Gasteiger partial charge in [-0.2, -0.15) is 0 Å². The number of carbonyl (C=O) groups is 2. The zero-order valence-corrected chi connectivity index (χ0v) is 24.4. The third-order valence-corrected chi connectivity index (χ3v) is 8.85. The molecule has 4 aromatic rings. The molecule has 14 heteroatoms. The minimum atomic E-state index is -0.462. The van der Waals surface area contributed by atoms with E-state index in [4.69, 9.17) is 19.4 Å². The lowest BCUT2D eigenvalue weighted by atomic mass is 9.87. The summed E-state index contributed by atoms with van der Waals surface area (Å²) in [7, 11) is 0. The SMILES string of the molecule is CCOC(=O)c1sc(Nc2nc(C(C)(C)c3csc(Nc4nc(C)c(C(=O)OCC)s4)n3)cs2)nc1C. The fourth-order valence-corrected chi connectivity index (χ4v) is 6.82. The van der Waals surface area contributed by atoms with Crippen LogP contribution >= 0.6 is 45.3 Å². The first kappa shape index (κ1) is 27.1. The molecule has 0 bridgehead atoms. The molecule has 4 heterocycles. The Morgan fingerprint density at radius 2 is 1.16 bits per heavy atom. The van der Waals surface area contributed by atoms with Gasteiger partial charge in [-0.1, -0.05) is 22.7 Å². The number of thiazole rings is 4. The Balaban J connectivity index is 1.46. The summed E-state index contributed by atoms with van der Waals surface area (Å²) in [4.78, 5) is 43.5. The van der Waals surface area contributed by atoms with Crippen LogP contribution in [0.2, 0.25) is 0 Å². The van der Waals surface area contributed by atoms with Crippen molar-refractivity contribution in [3.63, 3.8) is 0 Å². The summed E-state index contributed by atoms with van der Waals surface area (Å²) in [6.45, 7) is 11.9. The quantitative estimate of drug-likeness (QED) is 0.207. The molecule has 0 atom stereocenters. The van der Waals surface area contributed by atoms with Crippen LogP contribution in [0.3, 0.4) is 0 Å². The first-order valence-electron chi connectivity index (χ1n) is 11.4. The summed E-state index contributed by atoms with van der Waals surface area (Å²) in [5, 5.41) is 12.9. The van der Waals surface area contributed by atoms with Crippen molar-refractivity contribution in [2.45, 2.75) is 47.0 Å². The Hall–Kier alpha value is -2.94. The predicted octanol–water partition coefficient (Wildman–Crippen LogP) is 6.30. The smallest absolute Gasteiger partial charge is 0.350 e. The summed E-state index contributed by atoms with van der Waals surface area (Å²) in [6, 6.07) is 0. The van der Waals surface area contributed by atoms with Crippen molar-refractivity contribution in [1.29, 1.82) is 0 Å². The maximum atomic E-state index is 12.1. The first-order chi connectivity index (χ1) is 17.6. The van der Waals surface area contributed by atoms with Crippen LogP contribution in [-0.4, -0.2) is 45.1 Å². The molecule has 10 nitrogen and oxygen atoms in total. The van der Waals surface area contributed by atoms with Gasteiger partial charge in [0.1, 0.15) is 9.75 Å². The van der Waals surface area contributed by atoms with Crippen LogP contribution in [0.4, 0.5) is 20.5 Å². The van der Waals surface area contributed by atoms with Gasteiger partial charge in [-0.15, -0.1) is 22.7 Å². The molecular formula is C23H26N6O4S4. The normalized spacial score (nSPS) is 11.4. The summed E-state index contributed by atoms with van der Waals surface area (Å²) >= 11 is 5.40. The number of aromatic nitrogens is 4. The van der Waals surface area contributed by atoms with E-state index in [0.29, 0.717) is 54.9 Å². The number of anilines is 4. The average Bonchev–Trinajstić information content (AvgIpc) is 3.62. The molecule has 196 valence electrons. The van der Waals surface area contributed by atoms with E-state index in [2.05, 4.69) is 34.4 Å². The molecular weight excluding hydrogens is 553 g/mol. The zero-order chi connectivity index (χ0) is 26.7. The fraction of sp³-hybridized carbons (Fsp3) is 0.391. The van der Waals surface area contributed by atoms with Crippen LogP contribution in [0.1, 0.15) is 69.8 Å². The van der Waals surface area contributed by atoms with Crippen molar-refractivity contribution in [3.05, 3.63) is 43.3 Å². The molecule has 4 aromatic heterocycles. The third-order valence-electron chi connectivity index (χ3n) is 5.23. The Bertz CT molecular complexity index is 1320. The van der Waals surface area contributed by atoms with E-state index in [-0.39, 0.29) is 11.9 Å². The first-order valence-corrected chi connectivity index (χ1v) is 14.8. The van der Waals surface area contributed by atoms with Gasteiger partial charge in [-0.05, 0) is 41.5 Å². The standard InChI is InChI=1S/C23H26N6O4S4/c1-7-32-17(30)15-11(3)24-21(36-15)28-19-26-13(9-34-19)23(5,6)14-10-35-20(27-14)29-22-25-12(4)16(37-22)18(31)33-8-2/h9-10H,7-8H2,1-6H3,(H,24,26,28)(H,25,27,29). The molecule has 0 saturated heterocycles. The molecule has 0 radical (unpaired) electrons. The highest BCUT2D eigenvalue weighted by atomic mass is 32.1. The van der Waals surface area contributed by atoms with E-state index in [1.165, 1.54) is 45.3 Å². The molecule has 0 unspecified atom stereocenters. The van der Waals surface area contributed by atoms with Crippen LogP contribution in [0.15, 0.2) is 10.8 Å². The van der Waals surface area contributed by atoms with Crippen LogP contribution in [0.5, 0.6) is 0 Å². The highest BCUT2D eigenvalue weighted by Crippen LogP contribution is 2.37. The van der Waals surface area contributed by atoms with Crippen molar-refractivity contribution in [3.8, 4) is 0 Å². The van der Waals surface area contributed by atoms with E-state index in [9.17, 15) is 9.59 Å². The minimum absolute atomic E-state index is 0.315. The molecule has 4 rings (SSSR count). The van der Waals surface area contributed by atoms with Crippen molar-refractivity contribution in [1.82, 2.24) is 19.9 Å². The Morgan fingerprint density at radius 1 is 0.757 bits per heavy atom. The van der Waals surface area contributed by atoms with E-state index in [1.54, 1.807) is 27.7 Å². The van der Waals surface area contributed by atoms with Crippen LogP contribution in [-0.2, 0) is 14.9 Å². The van der Waals surface area contributed by atoms with Gasteiger partial charge < -0.3 is 20.1 Å². The van der Waals surface area contributed by atoms with Gasteiger partial charge in [0, 0.05) is 10.8 Å². The van der Waals surface area contributed by atoms with Crippen molar-refractivity contribution in [2.75, 3.05) is 23.8 Å². The van der Waals surface area contributed by atoms with E-state index < -0.39 is 5.41 Å². The lowest BCUT2D eigenvalue weighted by molar-refractivity contribution is 0.0521. The van der Waals surface area contributed by atoms with E-state index >= 15 is 0 Å². The second kappa shape index (κ2) is 11.2. The highest BCUT2D eigenvalue weighted by molar-refractivity contribution is 7.19. The Kier molecular flexibility index (Phi) is 8.21. The molecule has 2 N–H and O–H groups in total. The number of nitrogens with zero attached hydrogens (tertiary/aromatic N) is 4. The summed E-state index contributed by atoms with van der Waals surface area (Å²) in [6.07, 6.45) is 0. The van der Waals surface area contributed by atoms with Gasteiger partial charge in [0.2, 0.25) is 0 Å². The van der Waals surface area contributed by atoms with Crippen LogP contribution in [0.25, 0.3) is 0 Å². The second-order valence-corrected chi connectivity index (χ2v) is 12.0. The molecule has 0 aliphatic heterocycles. The van der Waals surface area contributed by atoms with Gasteiger partial charge >= 0.3 is 11.9 Å². The molecule has 0 spiro atoms. The van der Waals surface area contributed by atoms with Crippen molar-refractivity contribution >= 4 is 77.8 Å². The lowest BCUT2D eigenvalue weighted by Gasteiger charge is -2.19. The molecule has 37 heavy (non-hydrogen) atoms. The van der Waals surface area contributed by atoms with Gasteiger partial charge in [-0.3, -0.25) is 0 Å². The van der Waals surface area contributed by atoms with E-state index in [0.717, 1.165) is 11.4 Å². The largest absolute Gasteiger partial charge is 0.462 e. The van der Waals surface area contributed by atoms with Crippen LogP contribution < -0.4 is 10.6 Å². The summed E-state index contributed by atoms with van der Waals surface area (Å²) < 4.78 is 10.2. The van der Waals surface area contributed by atoms with Gasteiger partial charge in [-0.25, -0.2) is 29.5 Å². The minimum Gasteiger partial charge on any atom is -0.462 e. The molecule has 0 saturated carbocycles. The number of carbonyl (C=O) groups excluding carboxylic acids is 2. The molecule has 0 aliphatic rings. The van der Waals surface area contributed by atoms with Crippen molar-refractivity contribution in [2.24, 2.45) is 0 Å². The van der Waals surface area contributed by atoms with Crippen molar-refractivity contribution < 1.29 is 19.1 Å². The molecule has 0 aromatic carbocycles. The number of ether oxygens (including phenoxy) is 2. The van der Waals surface area contributed by atoms with Crippen LogP contribution in [0, 0.1) is 13.8 Å². The highest BCUT2D eigenvalue weighted by Gasteiger charge is 2.29.